The van der Waals surface area contributed by atoms with E-state index in [9.17, 15) is 4.79 Å². The summed E-state index contributed by atoms with van der Waals surface area (Å²) in [5.41, 5.74) is 0.829. The molecule has 4 nitrogen and oxygen atoms in total. The molecule has 0 spiro atoms. The molecule has 0 unspecified atom stereocenters. The van der Waals surface area contributed by atoms with Gasteiger partial charge in [-0.1, -0.05) is 42.1 Å². The second kappa shape index (κ2) is 5.96. The summed E-state index contributed by atoms with van der Waals surface area (Å²) in [5.74, 6) is 0.361. The highest BCUT2D eigenvalue weighted by Crippen LogP contribution is 2.19. The van der Waals surface area contributed by atoms with Crippen molar-refractivity contribution in [3.63, 3.8) is 0 Å². The number of amidine groups is 1. The van der Waals surface area contributed by atoms with Gasteiger partial charge in [0.1, 0.15) is 0 Å². The van der Waals surface area contributed by atoms with Crippen LogP contribution in [-0.4, -0.2) is 29.9 Å². The summed E-state index contributed by atoms with van der Waals surface area (Å²) < 4.78 is 0. The van der Waals surface area contributed by atoms with Crippen LogP contribution in [0, 0.1) is 0 Å². The average molecular weight is 285 g/mol. The van der Waals surface area contributed by atoms with Crippen molar-refractivity contribution >= 4 is 39.3 Å². The van der Waals surface area contributed by atoms with Gasteiger partial charge < -0.3 is 10.6 Å². The maximum absolute atomic E-state index is 11.9. The first-order valence-corrected chi connectivity index (χ1v) is 7.49. The summed E-state index contributed by atoms with van der Waals surface area (Å²) >= 11 is 1.44. The predicted octanol–water partition coefficient (Wildman–Crippen LogP) is 2.47. The van der Waals surface area contributed by atoms with Gasteiger partial charge in [-0.05, 0) is 22.9 Å². The third-order valence-electron chi connectivity index (χ3n) is 3.02. The molecule has 2 aromatic carbocycles. The Morgan fingerprint density at radius 2 is 2.10 bits per heavy atom. The number of amides is 1. The quantitative estimate of drug-likeness (QED) is 0.911. The van der Waals surface area contributed by atoms with Crippen molar-refractivity contribution in [2.45, 2.75) is 0 Å². The Morgan fingerprint density at radius 3 is 2.90 bits per heavy atom. The summed E-state index contributed by atoms with van der Waals surface area (Å²) in [7, 11) is 0. The molecule has 0 fully saturated rings. The van der Waals surface area contributed by atoms with Gasteiger partial charge in [-0.3, -0.25) is 9.79 Å². The van der Waals surface area contributed by atoms with Crippen molar-refractivity contribution in [3.05, 3.63) is 42.5 Å². The second-order valence-electron chi connectivity index (χ2n) is 4.51. The molecule has 0 aromatic heterocycles. The zero-order valence-corrected chi connectivity index (χ0v) is 11.7. The second-order valence-corrected chi connectivity index (χ2v) is 5.48. The maximum Gasteiger partial charge on any atom is 0.234 e. The number of hydrogen-bond donors (Lipinski definition) is 2. The van der Waals surface area contributed by atoms with E-state index in [-0.39, 0.29) is 5.91 Å². The lowest BCUT2D eigenvalue weighted by atomic mass is 10.1. The normalized spacial score (nSPS) is 13.9. The lowest BCUT2D eigenvalue weighted by Gasteiger charge is -2.06. The molecule has 102 valence electrons. The summed E-state index contributed by atoms with van der Waals surface area (Å²) in [6.45, 7) is 1.67. The van der Waals surface area contributed by atoms with Gasteiger partial charge >= 0.3 is 0 Å². The number of thioether (sulfide) groups is 1. The van der Waals surface area contributed by atoms with Crippen LogP contribution in [0.5, 0.6) is 0 Å². The topological polar surface area (TPSA) is 53.5 Å². The van der Waals surface area contributed by atoms with Gasteiger partial charge in [0.25, 0.3) is 0 Å². The number of rotatable bonds is 3. The van der Waals surface area contributed by atoms with Crippen LogP contribution in [0.3, 0.4) is 0 Å². The third-order valence-corrected chi connectivity index (χ3v) is 3.97. The number of aliphatic imine (C=N–C) groups is 1. The molecule has 0 atom stereocenters. The van der Waals surface area contributed by atoms with Gasteiger partial charge in [0.15, 0.2) is 5.17 Å². The summed E-state index contributed by atoms with van der Waals surface area (Å²) in [6.07, 6.45) is 0. The zero-order chi connectivity index (χ0) is 13.8. The molecule has 1 aliphatic heterocycles. The van der Waals surface area contributed by atoms with Gasteiger partial charge in [-0.15, -0.1) is 0 Å². The molecule has 0 radical (unpaired) electrons. The van der Waals surface area contributed by atoms with Crippen LogP contribution in [0.25, 0.3) is 10.8 Å². The molecule has 0 bridgehead atoms. The number of anilines is 1. The van der Waals surface area contributed by atoms with Crippen molar-refractivity contribution in [3.8, 4) is 0 Å². The van der Waals surface area contributed by atoms with E-state index < -0.39 is 0 Å². The highest BCUT2D eigenvalue weighted by atomic mass is 32.2. The Morgan fingerprint density at radius 1 is 1.25 bits per heavy atom. The predicted molar refractivity (Wildman–Crippen MR) is 85.3 cm³/mol. The first-order valence-electron chi connectivity index (χ1n) is 6.51. The molecule has 1 amide bonds. The van der Waals surface area contributed by atoms with Gasteiger partial charge in [0.05, 0.1) is 12.3 Å². The van der Waals surface area contributed by atoms with Gasteiger partial charge in [-0.2, -0.15) is 0 Å². The molecule has 0 aliphatic carbocycles. The SMILES string of the molecule is O=C(CSC1=NCCN1)Nc1ccc2ccccc2c1. The number of fused-ring (bicyclic) bond motifs is 1. The van der Waals surface area contributed by atoms with E-state index in [1.807, 2.05) is 36.4 Å². The van der Waals surface area contributed by atoms with E-state index in [1.54, 1.807) is 0 Å². The Labute approximate surface area is 121 Å². The molecular weight excluding hydrogens is 270 g/mol. The summed E-state index contributed by atoms with van der Waals surface area (Å²) in [6, 6.07) is 14.0. The smallest absolute Gasteiger partial charge is 0.234 e. The lowest BCUT2D eigenvalue weighted by Crippen LogP contribution is -2.20. The molecule has 2 N–H and O–H groups in total. The number of nitrogens with zero attached hydrogens (tertiary/aromatic N) is 1. The summed E-state index contributed by atoms with van der Waals surface area (Å²) in [5, 5.41) is 9.20. The van der Waals surface area contributed by atoms with Crippen molar-refractivity contribution in [1.82, 2.24) is 5.32 Å². The molecule has 1 heterocycles. The molecule has 0 saturated heterocycles. The van der Waals surface area contributed by atoms with Crippen molar-refractivity contribution in [2.24, 2.45) is 4.99 Å². The first kappa shape index (κ1) is 13.0. The van der Waals surface area contributed by atoms with Crippen molar-refractivity contribution in [2.75, 3.05) is 24.2 Å². The van der Waals surface area contributed by atoms with Gasteiger partial charge in [0.2, 0.25) is 5.91 Å². The minimum atomic E-state index is -0.0123. The standard InChI is InChI=1S/C15H15N3OS/c19-14(10-20-15-16-7-8-17-15)18-13-6-5-11-3-1-2-4-12(11)9-13/h1-6,9H,7-8,10H2,(H,16,17)(H,18,19). The third kappa shape index (κ3) is 3.11. The fourth-order valence-electron chi connectivity index (χ4n) is 2.07. The molecule has 5 heteroatoms. The summed E-state index contributed by atoms with van der Waals surface area (Å²) in [4.78, 5) is 16.1. The van der Waals surface area contributed by atoms with Crippen LogP contribution < -0.4 is 10.6 Å². The number of nitrogens with one attached hydrogen (secondary N) is 2. The van der Waals surface area contributed by atoms with Crippen LogP contribution >= 0.6 is 11.8 Å². The van der Waals surface area contributed by atoms with Gasteiger partial charge in [-0.25, -0.2) is 0 Å². The number of benzene rings is 2. The zero-order valence-electron chi connectivity index (χ0n) is 10.9. The highest BCUT2D eigenvalue weighted by Gasteiger charge is 2.09. The van der Waals surface area contributed by atoms with E-state index in [1.165, 1.54) is 17.1 Å². The van der Waals surface area contributed by atoms with E-state index >= 15 is 0 Å². The maximum atomic E-state index is 11.9. The van der Waals surface area contributed by atoms with Crippen molar-refractivity contribution in [1.29, 1.82) is 0 Å². The Bertz CT molecular complexity index is 669. The monoisotopic (exact) mass is 285 g/mol. The Hall–Kier alpha value is -2.01. The number of carbonyl (C=O) groups excluding carboxylic acids is 1. The molecular formula is C15H15N3OS. The first-order chi connectivity index (χ1) is 9.81. The van der Waals surface area contributed by atoms with E-state index in [0.717, 1.165) is 29.3 Å². The lowest BCUT2D eigenvalue weighted by molar-refractivity contribution is -0.113. The average Bonchev–Trinajstić information content (AvgIpc) is 2.98. The van der Waals surface area contributed by atoms with Crippen LogP contribution in [0.4, 0.5) is 5.69 Å². The molecule has 2 aromatic rings. The number of carbonyl (C=O) groups is 1. The Balaban J connectivity index is 1.61. The van der Waals surface area contributed by atoms with Gasteiger partial charge in [0, 0.05) is 12.2 Å². The van der Waals surface area contributed by atoms with Crippen LogP contribution in [0.2, 0.25) is 0 Å². The van der Waals surface area contributed by atoms with Crippen LogP contribution in [0.1, 0.15) is 0 Å². The van der Waals surface area contributed by atoms with E-state index in [2.05, 4.69) is 21.7 Å². The molecule has 0 saturated carbocycles. The molecule has 1 aliphatic rings. The fourth-order valence-corrected chi connectivity index (χ4v) is 2.80. The fraction of sp³-hybridized carbons (Fsp3) is 0.200. The van der Waals surface area contributed by atoms with E-state index in [0.29, 0.717) is 5.75 Å². The Kier molecular flexibility index (Phi) is 3.87. The number of hydrogen-bond acceptors (Lipinski definition) is 4. The molecule has 20 heavy (non-hydrogen) atoms. The largest absolute Gasteiger partial charge is 0.363 e. The minimum Gasteiger partial charge on any atom is -0.363 e. The van der Waals surface area contributed by atoms with E-state index in [4.69, 9.17) is 0 Å². The molecule has 3 rings (SSSR count). The minimum absolute atomic E-state index is 0.0123. The highest BCUT2D eigenvalue weighted by molar-refractivity contribution is 8.14. The van der Waals surface area contributed by atoms with Crippen molar-refractivity contribution < 1.29 is 4.79 Å². The van der Waals surface area contributed by atoms with Crippen LogP contribution in [-0.2, 0) is 4.79 Å². The van der Waals surface area contributed by atoms with Crippen LogP contribution in [0.15, 0.2) is 47.5 Å².